The summed E-state index contributed by atoms with van der Waals surface area (Å²) in [5.41, 5.74) is 0.655. The van der Waals surface area contributed by atoms with Crippen LogP contribution in [0.2, 0.25) is 0 Å². The molecule has 0 amide bonds. The molecule has 0 heterocycles. The normalized spacial score (nSPS) is 17.8. The molecule has 0 N–H and O–H groups in total. The number of hydrogen-bond donors (Lipinski definition) is 0. The van der Waals surface area contributed by atoms with E-state index in [0.717, 1.165) is 6.42 Å². The fourth-order valence-electron chi connectivity index (χ4n) is 0.643. The third-order valence-corrected chi connectivity index (χ3v) is 1.34. The van der Waals surface area contributed by atoms with Crippen LogP contribution in [0.4, 0.5) is 0 Å². The second-order valence-electron chi connectivity index (χ2n) is 1.74. The fraction of sp³-hybridized carbons (Fsp3) is 0.143. The molecule has 0 saturated carbocycles. The van der Waals surface area contributed by atoms with Crippen molar-refractivity contribution in [3.63, 3.8) is 0 Å². The van der Waals surface area contributed by atoms with Crippen molar-refractivity contribution in [1.82, 2.24) is 0 Å². The molecule has 1 rings (SSSR count). The van der Waals surface area contributed by atoms with Gasteiger partial charge in [-0.25, -0.2) is 0 Å². The van der Waals surface area contributed by atoms with Crippen LogP contribution in [-0.4, -0.2) is 0 Å². The third-order valence-electron chi connectivity index (χ3n) is 1.07. The fourth-order valence-corrected chi connectivity index (χ4v) is 0.849. The van der Waals surface area contributed by atoms with E-state index >= 15 is 0 Å². The number of nitrogens with zero attached hydrogens (tertiary/aromatic N) is 1. The Morgan fingerprint density at radius 2 is 2.44 bits per heavy atom. The first-order valence-electron chi connectivity index (χ1n) is 2.63. The quantitative estimate of drug-likeness (QED) is 0.503. The molecule has 0 saturated heterocycles. The zero-order valence-electron chi connectivity index (χ0n) is 4.76. The second-order valence-corrected chi connectivity index (χ2v) is 2.18. The zero-order valence-corrected chi connectivity index (χ0v) is 5.52. The molecule has 0 unspecified atom stereocenters. The standard InChI is InChI=1S/C7H5ClN/c8-7-3-1-2-6(4-7)5-9/h2-4H,1H2. The molecule has 1 nitrogen and oxygen atoms in total. The highest BCUT2D eigenvalue weighted by atomic mass is 35.5. The molecule has 0 aromatic carbocycles. The molecule has 0 aromatic rings. The van der Waals surface area contributed by atoms with E-state index < -0.39 is 0 Å². The molecule has 1 radical (unpaired) electrons. The Labute approximate surface area is 59.2 Å². The first-order valence-corrected chi connectivity index (χ1v) is 3.01. The van der Waals surface area contributed by atoms with Crippen molar-refractivity contribution >= 4 is 11.6 Å². The van der Waals surface area contributed by atoms with Gasteiger partial charge in [-0.3, -0.25) is 0 Å². The van der Waals surface area contributed by atoms with Crippen LogP contribution in [0, 0.1) is 17.8 Å². The molecule has 2 heteroatoms. The average molecular weight is 139 g/mol. The topological polar surface area (TPSA) is 23.8 Å². The summed E-state index contributed by atoms with van der Waals surface area (Å²) in [6, 6.07) is 2.01. The predicted molar refractivity (Wildman–Crippen MR) is 36.5 cm³/mol. The zero-order chi connectivity index (χ0) is 6.69. The number of halogens is 1. The molecular formula is C7H5ClN. The Morgan fingerprint density at radius 3 is 2.89 bits per heavy atom. The van der Waals surface area contributed by atoms with Gasteiger partial charge < -0.3 is 0 Å². The highest BCUT2D eigenvalue weighted by Crippen LogP contribution is 2.18. The van der Waals surface area contributed by atoms with Crippen molar-refractivity contribution in [2.75, 3.05) is 0 Å². The van der Waals surface area contributed by atoms with E-state index in [1.807, 2.05) is 18.6 Å². The van der Waals surface area contributed by atoms with Crippen molar-refractivity contribution in [2.45, 2.75) is 6.42 Å². The smallest absolute Gasteiger partial charge is 0.0988 e. The highest BCUT2D eigenvalue weighted by molar-refractivity contribution is 6.31. The van der Waals surface area contributed by atoms with E-state index in [9.17, 15) is 0 Å². The summed E-state index contributed by atoms with van der Waals surface area (Å²) in [5.74, 6) is 0. The van der Waals surface area contributed by atoms with E-state index in [2.05, 4.69) is 0 Å². The Kier molecular flexibility index (Phi) is 1.92. The molecule has 0 atom stereocenters. The van der Waals surface area contributed by atoms with Gasteiger partial charge in [-0.2, -0.15) is 5.26 Å². The molecule has 0 fully saturated rings. The highest BCUT2D eigenvalue weighted by Gasteiger charge is 2.00. The maximum absolute atomic E-state index is 8.37. The van der Waals surface area contributed by atoms with Crippen LogP contribution in [0.1, 0.15) is 6.42 Å². The Balaban J connectivity index is 2.78. The van der Waals surface area contributed by atoms with Gasteiger partial charge >= 0.3 is 0 Å². The van der Waals surface area contributed by atoms with Crippen molar-refractivity contribution in [1.29, 1.82) is 5.26 Å². The van der Waals surface area contributed by atoms with Crippen LogP contribution in [-0.2, 0) is 0 Å². The van der Waals surface area contributed by atoms with Gasteiger partial charge in [-0.1, -0.05) is 17.7 Å². The summed E-state index contributed by atoms with van der Waals surface area (Å²) in [6.07, 6.45) is 6.14. The average Bonchev–Trinajstić information content (AvgIpc) is 1.88. The molecule has 0 bridgehead atoms. The van der Waals surface area contributed by atoms with Gasteiger partial charge in [-0.05, 0) is 12.5 Å². The van der Waals surface area contributed by atoms with Crippen molar-refractivity contribution in [3.05, 3.63) is 29.2 Å². The first kappa shape index (κ1) is 6.38. The minimum Gasteiger partial charge on any atom is -0.192 e. The van der Waals surface area contributed by atoms with Gasteiger partial charge in [0.15, 0.2) is 0 Å². The van der Waals surface area contributed by atoms with Gasteiger partial charge in [0.25, 0.3) is 0 Å². The number of nitriles is 1. The molecular weight excluding hydrogens is 134 g/mol. The van der Waals surface area contributed by atoms with Crippen molar-refractivity contribution in [3.8, 4) is 6.07 Å². The lowest BCUT2D eigenvalue weighted by molar-refractivity contribution is 1.22. The monoisotopic (exact) mass is 138 g/mol. The van der Waals surface area contributed by atoms with E-state index in [1.165, 1.54) is 0 Å². The largest absolute Gasteiger partial charge is 0.192 e. The lowest BCUT2D eigenvalue weighted by Crippen LogP contribution is -1.84. The van der Waals surface area contributed by atoms with Crippen LogP contribution < -0.4 is 0 Å². The summed E-state index contributed by atoms with van der Waals surface area (Å²) in [4.78, 5) is 0. The number of rotatable bonds is 0. The Morgan fingerprint density at radius 1 is 1.67 bits per heavy atom. The van der Waals surface area contributed by atoms with Crippen LogP contribution in [0.15, 0.2) is 22.8 Å². The van der Waals surface area contributed by atoms with E-state index in [-0.39, 0.29) is 0 Å². The minimum absolute atomic E-state index is 0.655. The summed E-state index contributed by atoms with van der Waals surface area (Å²) in [5, 5.41) is 9.03. The molecule has 0 aliphatic heterocycles. The molecule has 1 aliphatic carbocycles. The molecule has 0 aromatic heterocycles. The minimum atomic E-state index is 0.655. The Hall–Kier alpha value is -0.740. The predicted octanol–water partition coefficient (Wildman–Crippen LogP) is 2.17. The third kappa shape index (κ3) is 1.58. The lowest BCUT2D eigenvalue weighted by Gasteiger charge is -2.00. The summed E-state index contributed by atoms with van der Waals surface area (Å²) < 4.78 is 0. The first-order chi connectivity index (χ1) is 4.33. The lowest BCUT2D eigenvalue weighted by atomic mass is 10.1. The SMILES string of the molecule is N#CC1=CC[CH]C(Cl)=C1. The molecule has 1 aliphatic rings. The van der Waals surface area contributed by atoms with Crippen LogP contribution in [0.3, 0.4) is 0 Å². The van der Waals surface area contributed by atoms with Gasteiger partial charge in [0.2, 0.25) is 0 Å². The van der Waals surface area contributed by atoms with Gasteiger partial charge in [-0.15, -0.1) is 0 Å². The summed E-state index contributed by atoms with van der Waals surface area (Å²) in [6.45, 7) is 0. The number of hydrogen-bond acceptors (Lipinski definition) is 1. The van der Waals surface area contributed by atoms with E-state index in [4.69, 9.17) is 16.9 Å². The summed E-state index contributed by atoms with van der Waals surface area (Å²) >= 11 is 5.60. The maximum atomic E-state index is 8.37. The Bertz CT molecular complexity index is 207. The van der Waals surface area contributed by atoms with Gasteiger partial charge in [0, 0.05) is 17.0 Å². The molecule has 0 spiro atoms. The van der Waals surface area contributed by atoms with E-state index in [0.29, 0.717) is 10.6 Å². The number of allylic oxidation sites excluding steroid dienone is 4. The van der Waals surface area contributed by atoms with Gasteiger partial charge in [0.1, 0.15) is 0 Å². The van der Waals surface area contributed by atoms with Crippen LogP contribution >= 0.6 is 11.6 Å². The van der Waals surface area contributed by atoms with E-state index in [1.54, 1.807) is 6.08 Å². The van der Waals surface area contributed by atoms with Crippen molar-refractivity contribution in [2.24, 2.45) is 0 Å². The maximum Gasteiger partial charge on any atom is 0.0988 e. The van der Waals surface area contributed by atoms with Crippen LogP contribution in [0.25, 0.3) is 0 Å². The van der Waals surface area contributed by atoms with Crippen LogP contribution in [0.5, 0.6) is 0 Å². The molecule has 9 heavy (non-hydrogen) atoms. The van der Waals surface area contributed by atoms with Crippen molar-refractivity contribution < 1.29 is 0 Å². The summed E-state index contributed by atoms with van der Waals surface area (Å²) in [7, 11) is 0. The second kappa shape index (κ2) is 2.70. The molecule has 45 valence electrons. The van der Waals surface area contributed by atoms with Gasteiger partial charge in [0.05, 0.1) is 6.07 Å².